The van der Waals surface area contributed by atoms with E-state index in [2.05, 4.69) is 95.7 Å². The van der Waals surface area contributed by atoms with E-state index in [0.29, 0.717) is 5.92 Å². The van der Waals surface area contributed by atoms with Crippen molar-refractivity contribution in [1.82, 2.24) is 0 Å². The Labute approximate surface area is 197 Å². The van der Waals surface area contributed by atoms with Crippen LogP contribution < -0.4 is 5.73 Å². The van der Waals surface area contributed by atoms with E-state index in [9.17, 15) is 0 Å². The van der Waals surface area contributed by atoms with Gasteiger partial charge in [0.2, 0.25) is 0 Å². The molecule has 0 aliphatic heterocycles. The summed E-state index contributed by atoms with van der Waals surface area (Å²) in [5.74, 6) is 0.345. The lowest BCUT2D eigenvalue weighted by Crippen LogP contribution is -2.13. The van der Waals surface area contributed by atoms with Crippen LogP contribution in [0.25, 0.3) is 32.3 Å². The highest BCUT2D eigenvalue weighted by Gasteiger charge is 2.26. The molecule has 5 aromatic carbocycles. The molecule has 1 nitrogen and oxygen atoms in total. The average Bonchev–Trinajstić information content (AvgIpc) is 2.83. The second-order valence-corrected chi connectivity index (χ2v) is 9.87. The quantitative estimate of drug-likeness (QED) is 0.199. The molecule has 6 rings (SSSR count). The summed E-state index contributed by atoms with van der Waals surface area (Å²) < 4.78 is 1.21. The average molecular weight is 480 g/mol. The number of hydrogen-bond donors (Lipinski definition) is 1. The summed E-state index contributed by atoms with van der Waals surface area (Å²) in [5.41, 5.74) is 13.3. The van der Waals surface area contributed by atoms with E-state index < -0.39 is 0 Å². The van der Waals surface area contributed by atoms with Gasteiger partial charge in [0.1, 0.15) is 0 Å². The molecule has 0 unspecified atom stereocenters. The molecule has 158 valence electrons. The van der Waals surface area contributed by atoms with Gasteiger partial charge in [0.05, 0.1) is 0 Å². The zero-order chi connectivity index (χ0) is 21.8. The van der Waals surface area contributed by atoms with Gasteiger partial charge in [-0.25, -0.2) is 0 Å². The van der Waals surface area contributed by atoms with Gasteiger partial charge in [0, 0.05) is 21.5 Å². The third kappa shape index (κ3) is 2.89. The van der Waals surface area contributed by atoms with E-state index in [1.807, 2.05) is 0 Å². The third-order valence-corrected chi connectivity index (χ3v) is 8.03. The molecule has 0 aromatic heterocycles. The van der Waals surface area contributed by atoms with E-state index in [1.54, 1.807) is 0 Å². The third-order valence-electron chi connectivity index (χ3n) is 7.40. The molecular weight excluding hydrogens is 454 g/mol. The Morgan fingerprint density at radius 2 is 1.66 bits per heavy atom. The van der Waals surface area contributed by atoms with Gasteiger partial charge in [-0.3, -0.25) is 0 Å². The molecular formula is C30H26BrN. The van der Waals surface area contributed by atoms with Gasteiger partial charge in [-0.2, -0.15) is 0 Å². The minimum Gasteiger partial charge on any atom is -0.398 e. The minimum atomic E-state index is 0.345. The SMILES string of the molecule is CCc1cccc2c1cc(Br)c1c3c(ccc12)[C@@H](c1ccc2ccccc2c1N)CCC3. The van der Waals surface area contributed by atoms with E-state index in [-0.39, 0.29) is 0 Å². The van der Waals surface area contributed by atoms with Crippen LogP contribution in [0.2, 0.25) is 0 Å². The van der Waals surface area contributed by atoms with E-state index in [0.717, 1.165) is 30.3 Å². The summed E-state index contributed by atoms with van der Waals surface area (Å²) in [6.45, 7) is 2.23. The second-order valence-electron chi connectivity index (χ2n) is 9.01. The molecule has 2 N–H and O–H groups in total. The molecule has 0 saturated heterocycles. The number of benzene rings is 5. The van der Waals surface area contributed by atoms with Crippen molar-refractivity contribution in [3.8, 4) is 0 Å². The highest BCUT2D eigenvalue weighted by molar-refractivity contribution is 9.10. The van der Waals surface area contributed by atoms with Crippen LogP contribution in [0.4, 0.5) is 5.69 Å². The first-order chi connectivity index (χ1) is 15.7. The van der Waals surface area contributed by atoms with Crippen molar-refractivity contribution in [2.45, 2.75) is 38.5 Å². The summed E-state index contributed by atoms with van der Waals surface area (Å²) in [6, 6.07) is 26.7. The fraction of sp³-hybridized carbons (Fsp3) is 0.200. The molecule has 0 amide bonds. The predicted octanol–water partition coefficient (Wildman–Crippen LogP) is 8.52. The zero-order valence-corrected chi connectivity index (χ0v) is 19.9. The van der Waals surface area contributed by atoms with Gasteiger partial charge in [-0.1, -0.05) is 89.6 Å². The first-order valence-corrected chi connectivity index (χ1v) is 12.4. The summed E-state index contributed by atoms with van der Waals surface area (Å²) in [4.78, 5) is 0. The maximum Gasteiger partial charge on any atom is 0.0432 e. The molecule has 32 heavy (non-hydrogen) atoms. The number of halogens is 1. The number of nitrogen functional groups attached to an aromatic ring is 1. The Bertz CT molecular complexity index is 1510. The number of fused-ring (bicyclic) bond motifs is 6. The maximum atomic E-state index is 6.75. The van der Waals surface area contributed by atoms with Crippen LogP contribution >= 0.6 is 15.9 Å². The lowest BCUT2D eigenvalue weighted by atomic mass is 9.76. The first kappa shape index (κ1) is 19.8. The first-order valence-electron chi connectivity index (χ1n) is 11.6. The monoisotopic (exact) mass is 479 g/mol. The fourth-order valence-electron chi connectivity index (χ4n) is 5.86. The van der Waals surface area contributed by atoms with Crippen molar-refractivity contribution in [1.29, 1.82) is 0 Å². The molecule has 0 fully saturated rings. The normalized spacial score (nSPS) is 16.0. The zero-order valence-electron chi connectivity index (χ0n) is 18.3. The molecule has 1 atom stereocenters. The molecule has 0 saturated carbocycles. The molecule has 0 heterocycles. The van der Waals surface area contributed by atoms with Crippen LogP contribution in [-0.2, 0) is 12.8 Å². The van der Waals surface area contributed by atoms with Gasteiger partial charge in [-0.15, -0.1) is 0 Å². The van der Waals surface area contributed by atoms with Crippen LogP contribution in [0.5, 0.6) is 0 Å². The summed E-state index contributed by atoms with van der Waals surface area (Å²) >= 11 is 3.96. The number of aryl methyl sites for hydroxylation is 2. The molecule has 1 aliphatic carbocycles. The van der Waals surface area contributed by atoms with Crippen molar-refractivity contribution in [3.05, 3.63) is 99.5 Å². The molecule has 2 heteroatoms. The maximum absolute atomic E-state index is 6.75. The number of hydrogen-bond acceptors (Lipinski definition) is 1. The van der Waals surface area contributed by atoms with Crippen molar-refractivity contribution in [2.75, 3.05) is 5.73 Å². The highest BCUT2D eigenvalue weighted by Crippen LogP contribution is 2.46. The van der Waals surface area contributed by atoms with Crippen LogP contribution in [0.3, 0.4) is 0 Å². The van der Waals surface area contributed by atoms with E-state index >= 15 is 0 Å². The molecule has 0 spiro atoms. The van der Waals surface area contributed by atoms with Gasteiger partial charge >= 0.3 is 0 Å². The Morgan fingerprint density at radius 1 is 0.844 bits per heavy atom. The van der Waals surface area contributed by atoms with E-state index in [4.69, 9.17) is 5.73 Å². The van der Waals surface area contributed by atoms with Crippen molar-refractivity contribution < 1.29 is 0 Å². The topological polar surface area (TPSA) is 26.0 Å². The van der Waals surface area contributed by atoms with Crippen LogP contribution in [0.1, 0.15) is 47.9 Å². The van der Waals surface area contributed by atoms with Crippen molar-refractivity contribution in [2.24, 2.45) is 0 Å². The van der Waals surface area contributed by atoms with Crippen LogP contribution in [0, 0.1) is 0 Å². The molecule has 5 aromatic rings. The Balaban J connectivity index is 1.60. The molecule has 1 aliphatic rings. The Morgan fingerprint density at radius 3 is 2.53 bits per heavy atom. The molecule has 0 radical (unpaired) electrons. The fourth-order valence-corrected chi connectivity index (χ4v) is 6.54. The standard InChI is InChI=1S/C30H26BrN/c1-2-18-8-5-10-22-25-16-15-23-21(11-6-12-24(23)29(25)28(31)17-27(18)22)26-14-13-19-7-3-4-9-20(19)30(26)32/h3-5,7-10,13-17,21H,2,6,11-12,32H2,1H3/t21-/m0/s1. The lowest BCUT2D eigenvalue weighted by Gasteiger charge is -2.29. The van der Waals surface area contributed by atoms with Gasteiger partial charge in [0.15, 0.2) is 0 Å². The number of anilines is 1. The van der Waals surface area contributed by atoms with Crippen LogP contribution in [0.15, 0.2) is 77.3 Å². The molecule has 0 bridgehead atoms. The predicted molar refractivity (Wildman–Crippen MR) is 142 cm³/mol. The van der Waals surface area contributed by atoms with Gasteiger partial charge < -0.3 is 5.73 Å². The summed E-state index contributed by atoms with van der Waals surface area (Å²) in [7, 11) is 0. The Kier molecular flexibility index (Phi) is 4.73. The number of rotatable bonds is 2. The smallest absolute Gasteiger partial charge is 0.0432 e. The lowest BCUT2D eigenvalue weighted by molar-refractivity contribution is 0.621. The second kappa shape index (κ2) is 7.64. The highest BCUT2D eigenvalue weighted by atomic mass is 79.9. The van der Waals surface area contributed by atoms with Crippen molar-refractivity contribution >= 4 is 53.9 Å². The van der Waals surface area contributed by atoms with E-state index in [1.165, 1.54) is 60.1 Å². The van der Waals surface area contributed by atoms with Gasteiger partial charge in [0.25, 0.3) is 0 Å². The van der Waals surface area contributed by atoms with Gasteiger partial charge in [-0.05, 0) is 80.9 Å². The summed E-state index contributed by atoms with van der Waals surface area (Å²) in [5, 5.41) is 7.84. The number of nitrogens with two attached hydrogens (primary N) is 1. The Hall–Kier alpha value is -2.84. The minimum absolute atomic E-state index is 0.345. The summed E-state index contributed by atoms with van der Waals surface area (Å²) in [6.07, 6.45) is 4.49. The van der Waals surface area contributed by atoms with Crippen molar-refractivity contribution in [3.63, 3.8) is 0 Å². The van der Waals surface area contributed by atoms with Crippen LogP contribution in [-0.4, -0.2) is 0 Å². The largest absolute Gasteiger partial charge is 0.398 e.